The molecule has 2 N–H and O–H groups in total. The summed E-state index contributed by atoms with van der Waals surface area (Å²) in [6, 6.07) is 12.0. The van der Waals surface area contributed by atoms with Crippen LogP contribution in [0.4, 0.5) is 15.8 Å². The summed E-state index contributed by atoms with van der Waals surface area (Å²) >= 11 is 0. The van der Waals surface area contributed by atoms with Gasteiger partial charge in [-0.25, -0.2) is 4.39 Å². The van der Waals surface area contributed by atoms with Crippen LogP contribution in [0.1, 0.15) is 29.3 Å². The van der Waals surface area contributed by atoms with E-state index in [2.05, 4.69) is 17.6 Å². The number of nitrogens with one attached hydrogen (secondary N) is 2. The van der Waals surface area contributed by atoms with Crippen LogP contribution >= 0.6 is 0 Å². The molecule has 0 bridgehead atoms. The molecule has 0 saturated heterocycles. The normalized spacial score (nSPS) is 10.2. The number of hydrogen-bond donors (Lipinski definition) is 2. The number of para-hydroxylation sites is 1. The first-order valence-corrected chi connectivity index (χ1v) is 7.02. The Morgan fingerprint density at radius 3 is 2.67 bits per heavy atom. The van der Waals surface area contributed by atoms with Gasteiger partial charge in [-0.1, -0.05) is 25.1 Å². The predicted molar refractivity (Wildman–Crippen MR) is 84.3 cm³/mol. The highest BCUT2D eigenvalue weighted by Crippen LogP contribution is 2.19. The van der Waals surface area contributed by atoms with E-state index in [1.54, 1.807) is 25.1 Å². The standard InChI is InChI=1S/C17H19FN2O/c1-3-10-19-16-7-5-4-6-14(16)17(21)20-13-9-8-12(2)15(18)11-13/h4-9,11,19H,3,10H2,1-2H3,(H,20,21). The van der Waals surface area contributed by atoms with Crippen molar-refractivity contribution in [2.45, 2.75) is 20.3 Å². The van der Waals surface area contributed by atoms with Gasteiger partial charge < -0.3 is 10.6 Å². The first kappa shape index (κ1) is 15.0. The van der Waals surface area contributed by atoms with Crippen LogP contribution in [0.3, 0.4) is 0 Å². The second-order valence-corrected chi connectivity index (χ2v) is 4.89. The molecule has 2 aromatic carbocycles. The number of rotatable bonds is 5. The Balaban J connectivity index is 2.18. The monoisotopic (exact) mass is 286 g/mol. The maximum atomic E-state index is 13.5. The Bertz CT molecular complexity index is 640. The Hall–Kier alpha value is -2.36. The highest BCUT2D eigenvalue weighted by molar-refractivity contribution is 6.08. The third-order valence-electron chi connectivity index (χ3n) is 3.17. The summed E-state index contributed by atoms with van der Waals surface area (Å²) in [6.45, 7) is 4.54. The fourth-order valence-electron chi connectivity index (χ4n) is 1.96. The van der Waals surface area contributed by atoms with E-state index in [4.69, 9.17) is 0 Å². The SMILES string of the molecule is CCCNc1ccccc1C(=O)Nc1ccc(C)c(F)c1. The van der Waals surface area contributed by atoms with Crippen LogP contribution < -0.4 is 10.6 Å². The number of carbonyl (C=O) groups is 1. The van der Waals surface area contributed by atoms with Crippen LogP contribution in [0, 0.1) is 12.7 Å². The maximum Gasteiger partial charge on any atom is 0.257 e. The summed E-state index contributed by atoms with van der Waals surface area (Å²) in [5.74, 6) is -0.581. The highest BCUT2D eigenvalue weighted by Gasteiger charge is 2.11. The molecule has 0 saturated carbocycles. The molecule has 110 valence electrons. The van der Waals surface area contributed by atoms with E-state index >= 15 is 0 Å². The second-order valence-electron chi connectivity index (χ2n) is 4.89. The molecule has 0 aliphatic carbocycles. The molecule has 0 radical (unpaired) electrons. The van der Waals surface area contributed by atoms with Gasteiger partial charge in [0.15, 0.2) is 0 Å². The smallest absolute Gasteiger partial charge is 0.257 e. The summed E-state index contributed by atoms with van der Waals surface area (Å²) in [5, 5.41) is 5.94. The predicted octanol–water partition coefficient (Wildman–Crippen LogP) is 4.21. The summed E-state index contributed by atoms with van der Waals surface area (Å²) in [6.07, 6.45) is 0.971. The van der Waals surface area contributed by atoms with Gasteiger partial charge in [-0.05, 0) is 43.2 Å². The van der Waals surface area contributed by atoms with Crippen molar-refractivity contribution in [1.82, 2.24) is 0 Å². The van der Waals surface area contributed by atoms with Crippen LogP contribution in [0.25, 0.3) is 0 Å². The third-order valence-corrected chi connectivity index (χ3v) is 3.17. The van der Waals surface area contributed by atoms with Crippen molar-refractivity contribution in [3.63, 3.8) is 0 Å². The van der Waals surface area contributed by atoms with Crippen LogP contribution in [0.2, 0.25) is 0 Å². The Labute approximate surface area is 124 Å². The van der Waals surface area contributed by atoms with Crippen LogP contribution in [0.5, 0.6) is 0 Å². The van der Waals surface area contributed by atoms with Crippen molar-refractivity contribution in [3.8, 4) is 0 Å². The number of aryl methyl sites for hydroxylation is 1. The molecule has 0 fully saturated rings. The molecular formula is C17H19FN2O. The van der Waals surface area contributed by atoms with Crippen molar-refractivity contribution in [2.75, 3.05) is 17.2 Å². The molecule has 0 heterocycles. The van der Waals surface area contributed by atoms with Crippen LogP contribution in [-0.2, 0) is 0 Å². The summed E-state index contributed by atoms with van der Waals surface area (Å²) in [5.41, 5.74) is 2.34. The second kappa shape index (κ2) is 6.88. The lowest BCUT2D eigenvalue weighted by atomic mass is 10.1. The van der Waals surface area contributed by atoms with Gasteiger partial charge in [0.1, 0.15) is 5.82 Å². The number of benzene rings is 2. The van der Waals surface area contributed by atoms with Crippen molar-refractivity contribution in [2.24, 2.45) is 0 Å². The minimum atomic E-state index is -0.329. The number of carbonyl (C=O) groups excluding carboxylic acids is 1. The van der Waals surface area contributed by atoms with Crippen molar-refractivity contribution >= 4 is 17.3 Å². The van der Waals surface area contributed by atoms with E-state index in [-0.39, 0.29) is 11.7 Å². The van der Waals surface area contributed by atoms with Crippen LogP contribution in [0.15, 0.2) is 42.5 Å². The van der Waals surface area contributed by atoms with Gasteiger partial charge >= 0.3 is 0 Å². The molecule has 3 nitrogen and oxygen atoms in total. The van der Waals surface area contributed by atoms with E-state index in [0.717, 1.165) is 18.7 Å². The van der Waals surface area contributed by atoms with Gasteiger partial charge in [0.2, 0.25) is 0 Å². The van der Waals surface area contributed by atoms with E-state index < -0.39 is 0 Å². The fourth-order valence-corrected chi connectivity index (χ4v) is 1.96. The molecule has 0 aromatic heterocycles. The van der Waals surface area contributed by atoms with Gasteiger partial charge in [-0.15, -0.1) is 0 Å². The van der Waals surface area contributed by atoms with Gasteiger partial charge in [-0.3, -0.25) is 4.79 Å². The van der Waals surface area contributed by atoms with Gasteiger partial charge in [0.05, 0.1) is 5.56 Å². The number of hydrogen-bond acceptors (Lipinski definition) is 2. The lowest BCUT2D eigenvalue weighted by Gasteiger charge is -2.12. The zero-order valence-electron chi connectivity index (χ0n) is 12.2. The van der Waals surface area contributed by atoms with Crippen molar-refractivity contribution in [1.29, 1.82) is 0 Å². The molecule has 0 atom stereocenters. The molecule has 21 heavy (non-hydrogen) atoms. The minimum Gasteiger partial charge on any atom is -0.384 e. The topological polar surface area (TPSA) is 41.1 Å². The minimum absolute atomic E-state index is 0.252. The molecule has 0 aliphatic heterocycles. The number of anilines is 2. The number of amides is 1. The Morgan fingerprint density at radius 1 is 1.19 bits per heavy atom. The average molecular weight is 286 g/mol. The number of halogens is 1. The van der Waals surface area contributed by atoms with Crippen LogP contribution in [-0.4, -0.2) is 12.5 Å². The van der Waals surface area contributed by atoms with E-state index in [0.29, 0.717) is 16.8 Å². The van der Waals surface area contributed by atoms with E-state index in [1.807, 2.05) is 18.2 Å². The third kappa shape index (κ3) is 3.81. The molecule has 0 unspecified atom stereocenters. The first-order valence-electron chi connectivity index (χ1n) is 7.02. The lowest BCUT2D eigenvalue weighted by Crippen LogP contribution is -2.15. The largest absolute Gasteiger partial charge is 0.384 e. The fraction of sp³-hybridized carbons (Fsp3) is 0.235. The molecule has 4 heteroatoms. The van der Waals surface area contributed by atoms with Crippen molar-refractivity contribution in [3.05, 3.63) is 59.4 Å². The lowest BCUT2D eigenvalue weighted by molar-refractivity contribution is 0.102. The molecule has 2 rings (SSSR count). The Morgan fingerprint density at radius 2 is 1.95 bits per heavy atom. The first-order chi connectivity index (χ1) is 10.1. The zero-order chi connectivity index (χ0) is 15.2. The summed E-state index contributed by atoms with van der Waals surface area (Å²) < 4.78 is 13.5. The van der Waals surface area contributed by atoms with Gasteiger partial charge in [-0.2, -0.15) is 0 Å². The Kier molecular flexibility index (Phi) is 4.93. The zero-order valence-corrected chi connectivity index (χ0v) is 12.2. The molecule has 0 spiro atoms. The van der Waals surface area contributed by atoms with Crippen molar-refractivity contribution < 1.29 is 9.18 Å². The maximum absolute atomic E-state index is 13.5. The van der Waals surface area contributed by atoms with E-state index in [9.17, 15) is 9.18 Å². The van der Waals surface area contributed by atoms with E-state index in [1.165, 1.54) is 6.07 Å². The van der Waals surface area contributed by atoms with Gasteiger partial charge in [0.25, 0.3) is 5.91 Å². The van der Waals surface area contributed by atoms with Gasteiger partial charge in [0, 0.05) is 17.9 Å². The average Bonchev–Trinajstić information content (AvgIpc) is 2.49. The quantitative estimate of drug-likeness (QED) is 0.864. The highest BCUT2D eigenvalue weighted by atomic mass is 19.1. The summed E-state index contributed by atoms with van der Waals surface area (Å²) in [7, 11) is 0. The summed E-state index contributed by atoms with van der Waals surface area (Å²) in [4.78, 5) is 12.3. The molecule has 0 aliphatic rings. The molecule has 2 aromatic rings. The molecule has 1 amide bonds. The molecular weight excluding hydrogens is 267 g/mol.